The van der Waals surface area contributed by atoms with Crippen LogP contribution in [0.4, 0.5) is 0 Å². The van der Waals surface area contributed by atoms with Gasteiger partial charge in [0.25, 0.3) is 5.91 Å². The molecule has 1 saturated carbocycles. The van der Waals surface area contributed by atoms with Crippen molar-refractivity contribution in [2.75, 3.05) is 20.8 Å². The van der Waals surface area contributed by atoms with Crippen LogP contribution in [0.15, 0.2) is 18.2 Å². The first-order chi connectivity index (χ1) is 13.4. The first kappa shape index (κ1) is 21.5. The molecule has 1 aromatic carbocycles. The Hall–Kier alpha value is -2.77. The van der Waals surface area contributed by atoms with Crippen LogP contribution >= 0.6 is 0 Å². The fraction of sp³-hybridized carbons (Fsp3) is 0.550. The molecular weight excluding hydrogens is 364 g/mol. The number of ether oxygens (including phenoxy) is 3. The Kier molecular flexibility index (Phi) is 8.10. The number of methoxy groups -OCH3 is 2. The molecule has 1 aliphatic rings. The number of hydrogen-bond donors (Lipinski definition) is 2. The Morgan fingerprint density at radius 3 is 2.39 bits per heavy atom. The fourth-order valence-corrected chi connectivity index (χ4v) is 3.35. The molecule has 0 spiro atoms. The molecule has 1 aromatic rings. The van der Waals surface area contributed by atoms with Crippen molar-refractivity contribution in [3.63, 3.8) is 0 Å². The van der Waals surface area contributed by atoms with E-state index in [-0.39, 0.29) is 18.4 Å². The van der Waals surface area contributed by atoms with Crippen molar-refractivity contribution in [3.05, 3.63) is 23.8 Å². The van der Waals surface area contributed by atoms with Crippen LogP contribution in [-0.2, 0) is 25.7 Å². The zero-order chi connectivity index (χ0) is 20.5. The van der Waals surface area contributed by atoms with Gasteiger partial charge in [-0.2, -0.15) is 0 Å². The lowest BCUT2D eigenvalue weighted by atomic mass is 9.98. The van der Waals surface area contributed by atoms with Gasteiger partial charge in [-0.05, 0) is 36.5 Å². The predicted molar refractivity (Wildman–Crippen MR) is 102 cm³/mol. The molecule has 8 nitrogen and oxygen atoms in total. The van der Waals surface area contributed by atoms with Crippen LogP contribution < -0.4 is 20.1 Å². The van der Waals surface area contributed by atoms with E-state index in [2.05, 4.69) is 10.6 Å². The molecule has 0 aromatic heterocycles. The van der Waals surface area contributed by atoms with Gasteiger partial charge in [-0.25, -0.2) is 4.79 Å². The van der Waals surface area contributed by atoms with Crippen molar-refractivity contribution in [2.45, 2.75) is 45.2 Å². The molecule has 8 heteroatoms. The van der Waals surface area contributed by atoms with Gasteiger partial charge in [0.1, 0.15) is 6.04 Å². The van der Waals surface area contributed by atoms with Crippen LogP contribution in [0, 0.1) is 5.92 Å². The quantitative estimate of drug-likeness (QED) is 0.618. The first-order valence-corrected chi connectivity index (χ1v) is 9.36. The minimum absolute atomic E-state index is 0.0613. The molecule has 0 radical (unpaired) electrons. The maximum absolute atomic E-state index is 12.4. The minimum Gasteiger partial charge on any atom is -0.493 e. The SMILES string of the molecule is COc1ccc(CNC(=O)COC(=O)C(NC(C)=O)C2CCCC2)cc1OC. The van der Waals surface area contributed by atoms with Crippen molar-refractivity contribution < 1.29 is 28.6 Å². The topological polar surface area (TPSA) is 103 Å². The van der Waals surface area contributed by atoms with E-state index in [1.807, 2.05) is 0 Å². The zero-order valence-corrected chi connectivity index (χ0v) is 16.6. The second kappa shape index (κ2) is 10.5. The van der Waals surface area contributed by atoms with Gasteiger partial charge in [-0.3, -0.25) is 9.59 Å². The highest BCUT2D eigenvalue weighted by molar-refractivity contribution is 5.86. The Bertz CT molecular complexity index is 700. The molecule has 1 fully saturated rings. The summed E-state index contributed by atoms with van der Waals surface area (Å²) in [5.41, 5.74) is 0.819. The highest BCUT2D eigenvalue weighted by Gasteiger charge is 2.32. The lowest BCUT2D eigenvalue weighted by Gasteiger charge is -2.22. The zero-order valence-electron chi connectivity index (χ0n) is 16.6. The molecule has 0 bridgehead atoms. The normalized spacial score (nSPS) is 14.8. The molecule has 1 atom stereocenters. The van der Waals surface area contributed by atoms with Gasteiger partial charge in [0, 0.05) is 13.5 Å². The molecular formula is C20H28N2O6. The average Bonchev–Trinajstić information content (AvgIpc) is 3.22. The Balaban J connectivity index is 1.83. The van der Waals surface area contributed by atoms with E-state index < -0.39 is 24.5 Å². The van der Waals surface area contributed by atoms with Crippen LogP contribution in [-0.4, -0.2) is 44.7 Å². The number of esters is 1. The summed E-state index contributed by atoms with van der Waals surface area (Å²) in [4.78, 5) is 35.8. The molecule has 2 amide bonds. The van der Waals surface area contributed by atoms with Crippen molar-refractivity contribution in [1.29, 1.82) is 0 Å². The van der Waals surface area contributed by atoms with E-state index in [1.165, 1.54) is 14.0 Å². The molecule has 154 valence electrons. The summed E-state index contributed by atoms with van der Waals surface area (Å²) in [7, 11) is 3.09. The molecule has 0 aliphatic heterocycles. The summed E-state index contributed by atoms with van der Waals surface area (Å²) < 4.78 is 15.5. The third-order valence-corrected chi connectivity index (χ3v) is 4.77. The lowest BCUT2D eigenvalue weighted by molar-refractivity contribution is -0.153. The molecule has 2 N–H and O–H groups in total. The third kappa shape index (κ3) is 6.14. The van der Waals surface area contributed by atoms with Gasteiger partial charge in [0.2, 0.25) is 5.91 Å². The standard InChI is InChI=1S/C20H28N2O6/c1-13(23)22-19(15-6-4-5-7-15)20(25)28-12-18(24)21-11-14-8-9-16(26-2)17(10-14)27-3/h8-10,15,19H,4-7,11-12H2,1-3H3,(H,21,24)(H,22,23). The summed E-state index contributed by atoms with van der Waals surface area (Å²) in [6.45, 7) is 1.23. The van der Waals surface area contributed by atoms with Crippen molar-refractivity contribution in [1.82, 2.24) is 10.6 Å². The monoisotopic (exact) mass is 392 g/mol. The highest BCUT2D eigenvalue weighted by Crippen LogP contribution is 2.28. The van der Waals surface area contributed by atoms with Crippen LogP contribution in [0.1, 0.15) is 38.2 Å². The van der Waals surface area contributed by atoms with E-state index in [1.54, 1.807) is 25.3 Å². The van der Waals surface area contributed by atoms with Crippen LogP contribution in [0.2, 0.25) is 0 Å². The van der Waals surface area contributed by atoms with E-state index in [0.29, 0.717) is 11.5 Å². The van der Waals surface area contributed by atoms with Gasteiger partial charge >= 0.3 is 5.97 Å². The Labute approximate surface area is 164 Å². The fourth-order valence-electron chi connectivity index (χ4n) is 3.35. The number of carbonyl (C=O) groups is 3. The predicted octanol–water partition coefficient (Wildman–Crippen LogP) is 1.56. The van der Waals surface area contributed by atoms with Gasteiger partial charge < -0.3 is 24.8 Å². The molecule has 0 heterocycles. The molecule has 1 aliphatic carbocycles. The molecule has 28 heavy (non-hydrogen) atoms. The van der Waals surface area contributed by atoms with E-state index in [4.69, 9.17) is 14.2 Å². The number of benzene rings is 1. The van der Waals surface area contributed by atoms with Crippen molar-refractivity contribution >= 4 is 17.8 Å². The van der Waals surface area contributed by atoms with Crippen molar-refractivity contribution in [2.24, 2.45) is 5.92 Å². The van der Waals surface area contributed by atoms with E-state index in [0.717, 1.165) is 31.2 Å². The number of rotatable bonds is 9. The number of amides is 2. The minimum atomic E-state index is -0.696. The Morgan fingerprint density at radius 2 is 1.79 bits per heavy atom. The summed E-state index contributed by atoms with van der Waals surface area (Å²) in [5.74, 6) is -0.0460. The second-order valence-electron chi connectivity index (χ2n) is 6.80. The highest BCUT2D eigenvalue weighted by atomic mass is 16.5. The second-order valence-corrected chi connectivity index (χ2v) is 6.80. The number of carbonyl (C=O) groups excluding carboxylic acids is 3. The average molecular weight is 392 g/mol. The van der Waals surface area contributed by atoms with Gasteiger partial charge in [0.15, 0.2) is 18.1 Å². The molecule has 1 unspecified atom stereocenters. The number of nitrogens with one attached hydrogen (secondary N) is 2. The maximum atomic E-state index is 12.4. The van der Waals surface area contributed by atoms with E-state index in [9.17, 15) is 14.4 Å². The first-order valence-electron chi connectivity index (χ1n) is 9.36. The molecule has 0 saturated heterocycles. The summed E-state index contributed by atoms with van der Waals surface area (Å²) in [6.07, 6.45) is 3.79. The van der Waals surface area contributed by atoms with Gasteiger partial charge in [-0.15, -0.1) is 0 Å². The van der Waals surface area contributed by atoms with Crippen molar-refractivity contribution in [3.8, 4) is 11.5 Å². The number of hydrogen-bond acceptors (Lipinski definition) is 6. The summed E-state index contributed by atoms with van der Waals surface area (Å²) >= 11 is 0. The van der Waals surface area contributed by atoms with Gasteiger partial charge in [0.05, 0.1) is 14.2 Å². The smallest absolute Gasteiger partial charge is 0.329 e. The molecule has 2 rings (SSSR count). The Morgan fingerprint density at radius 1 is 1.11 bits per heavy atom. The van der Waals surface area contributed by atoms with E-state index >= 15 is 0 Å². The van der Waals surface area contributed by atoms with Gasteiger partial charge in [-0.1, -0.05) is 18.9 Å². The maximum Gasteiger partial charge on any atom is 0.329 e. The lowest BCUT2D eigenvalue weighted by Crippen LogP contribution is -2.46. The summed E-state index contributed by atoms with van der Waals surface area (Å²) in [6, 6.07) is 4.62. The van der Waals surface area contributed by atoms with Crippen LogP contribution in [0.5, 0.6) is 11.5 Å². The van der Waals surface area contributed by atoms with Crippen LogP contribution in [0.25, 0.3) is 0 Å². The van der Waals surface area contributed by atoms with Crippen LogP contribution in [0.3, 0.4) is 0 Å². The summed E-state index contributed by atoms with van der Waals surface area (Å²) in [5, 5.41) is 5.35. The largest absolute Gasteiger partial charge is 0.493 e. The third-order valence-electron chi connectivity index (χ3n) is 4.77.